The van der Waals surface area contributed by atoms with Crippen molar-refractivity contribution in [3.05, 3.63) is 11.9 Å². The van der Waals surface area contributed by atoms with Gasteiger partial charge in [0.05, 0.1) is 5.69 Å². The van der Waals surface area contributed by atoms with Crippen LogP contribution in [0.3, 0.4) is 0 Å². The van der Waals surface area contributed by atoms with Crippen LogP contribution >= 0.6 is 0 Å². The molecule has 0 saturated heterocycles. The predicted molar refractivity (Wildman–Crippen MR) is 59.5 cm³/mol. The lowest BCUT2D eigenvalue weighted by atomic mass is 9.92. The van der Waals surface area contributed by atoms with Crippen molar-refractivity contribution in [3.8, 4) is 0 Å². The molecule has 0 aliphatic heterocycles. The first kappa shape index (κ1) is 10.6. The Morgan fingerprint density at radius 1 is 1.47 bits per heavy atom. The first-order valence-electron chi connectivity index (χ1n) is 5.79. The van der Waals surface area contributed by atoms with E-state index in [4.69, 9.17) is 0 Å². The summed E-state index contributed by atoms with van der Waals surface area (Å²) in [4.78, 5) is 0. The first-order valence-corrected chi connectivity index (χ1v) is 5.79. The van der Waals surface area contributed by atoms with E-state index >= 15 is 0 Å². The van der Waals surface area contributed by atoms with Gasteiger partial charge in [-0.3, -0.25) is 4.68 Å². The Labute approximate surface area is 91.1 Å². The Balaban J connectivity index is 1.93. The smallest absolute Gasteiger partial charge is 0.0829 e. The van der Waals surface area contributed by atoms with Crippen LogP contribution in [0.15, 0.2) is 6.20 Å². The summed E-state index contributed by atoms with van der Waals surface area (Å²) in [7, 11) is 3.97. The Bertz CT molecular complexity index is 307. The number of nitrogens with one attached hydrogen (secondary N) is 1. The molecule has 84 valence electrons. The third-order valence-corrected chi connectivity index (χ3v) is 3.40. The topological polar surface area (TPSA) is 42.7 Å². The number of aryl methyl sites for hydroxylation is 1. The number of hydrogen-bond donors (Lipinski definition) is 1. The van der Waals surface area contributed by atoms with Gasteiger partial charge in [-0.2, -0.15) is 0 Å². The molecule has 2 atom stereocenters. The van der Waals surface area contributed by atoms with Crippen LogP contribution in [-0.4, -0.2) is 28.6 Å². The van der Waals surface area contributed by atoms with Crippen LogP contribution in [0.2, 0.25) is 0 Å². The monoisotopic (exact) mass is 208 g/mol. The maximum Gasteiger partial charge on any atom is 0.0829 e. The normalized spacial score (nSPS) is 26.0. The van der Waals surface area contributed by atoms with Crippen LogP contribution in [0.25, 0.3) is 0 Å². The van der Waals surface area contributed by atoms with Gasteiger partial charge < -0.3 is 5.32 Å². The van der Waals surface area contributed by atoms with Gasteiger partial charge in [0.2, 0.25) is 0 Å². The molecule has 0 amide bonds. The van der Waals surface area contributed by atoms with Crippen molar-refractivity contribution in [2.75, 3.05) is 13.6 Å². The summed E-state index contributed by atoms with van der Waals surface area (Å²) in [5.41, 5.74) is 1.14. The van der Waals surface area contributed by atoms with E-state index in [1.54, 1.807) is 4.68 Å². The Hall–Kier alpha value is -0.900. The van der Waals surface area contributed by atoms with Gasteiger partial charge in [-0.1, -0.05) is 11.6 Å². The summed E-state index contributed by atoms with van der Waals surface area (Å²) in [5, 5.41) is 11.4. The number of nitrogens with zero attached hydrogens (tertiary/aromatic N) is 3. The molecular weight excluding hydrogens is 188 g/mol. The first-order chi connectivity index (χ1) is 7.29. The fraction of sp³-hybridized carbons (Fsp3) is 0.818. The summed E-state index contributed by atoms with van der Waals surface area (Å²) in [6, 6.07) is 0. The lowest BCUT2D eigenvalue weighted by Gasteiger charge is -2.17. The molecule has 0 radical (unpaired) electrons. The van der Waals surface area contributed by atoms with Gasteiger partial charge in [0.25, 0.3) is 0 Å². The maximum absolute atomic E-state index is 4.17. The van der Waals surface area contributed by atoms with Crippen molar-refractivity contribution < 1.29 is 0 Å². The fourth-order valence-corrected chi connectivity index (χ4v) is 2.67. The summed E-state index contributed by atoms with van der Waals surface area (Å²) >= 11 is 0. The molecule has 0 aromatic carbocycles. The molecule has 1 N–H and O–H groups in total. The highest BCUT2D eigenvalue weighted by atomic mass is 15.4. The summed E-state index contributed by atoms with van der Waals surface area (Å²) in [6.45, 7) is 1.14. The molecule has 4 heteroatoms. The van der Waals surface area contributed by atoms with E-state index in [9.17, 15) is 0 Å². The van der Waals surface area contributed by atoms with Crippen molar-refractivity contribution in [1.29, 1.82) is 0 Å². The van der Waals surface area contributed by atoms with E-state index in [0.29, 0.717) is 0 Å². The van der Waals surface area contributed by atoms with Gasteiger partial charge in [0, 0.05) is 13.2 Å². The van der Waals surface area contributed by atoms with Crippen molar-refractivity contribution in [3.63, 3.8) is 0 Å². The largest absolute Gasteiger partial charge is 0.319 e. The highest BCUT2D eigenvalue weighted by Gasteiger charge is 2.27. The average Bonchev–Trinajstić information content (AvgIpc) is 2.78. The second-order valence-corrected chi connectivity index (χ2v) is 4.60. The van der Waals surface area contributed by atoms with E-state index in [-0.39, 0.29) is 0 Å². The second kappa shape index (κ2) is 4.75. The van der Waals surface area contributed by atoms with Gasteiger partial charge in [-0.15, -0.1) is 5.10 Å². The van der Waals surface area contributed by atoms with E-state index in [0.717, 1.165) is 30.5 Å². The SMILES string of the molecule is CNCC1CCCC1Cc1cn(C)nn1. The van der Waals surface area contributed by atoms with E-state index < -0.39 is 0 Å². The Morgan fingerprint density at radius 3 is 2.93 bits per heavy atom. The molecule has 1 aromatic rings. The zero-order chi connectivity index (χ0) is 10.7. The highest BCUT2D eigenvalue weighted by Crippen LogP contribution is 2.33. The minimum Gasteiger partial charge on any atom is -0.319 e. The quantitative estimate of drug-likeness (QED) is 0.802. The lowest BCUT2D eigenvalue weighted by molar-refractivity contribution is 0.372. The van der Waals surface area contributed by atoms with Gasteiger partial charge in [-0.05, 0) is 44.7 Å². The van der Waals surface area contributed by atoms with Crippen molar-refractivity contribution in [2.45, 2.75) is 25.7 Å². The highest BCUT2D eigenvalue weighted by molar-refractivity contribution is 4.96. The van der Waals surface area contributed by atoms with Gasteiger partial charge in [0.1, 0.15) is 0 Å². The number of aromatic nitrogens is 3. The van der Waals surface area contributed by atoms with Crippen LogP contribution in [0.4, 0.5) is 0 Å². The molecule has 2 rings (SSSR count). The summed E-state index contributed by atoms with van der Waals surface area (Å²) < 4.78 is 1.79. The van der Waals surface area contributed by atoms with Crippen LogP contribution in [0.5, 0.6) is 0 Å². The average molecular weight is 208 g/mol. The molecule has 4 nitrogen and oxygen atoms in total. The maximum atomic E-state index is 4.17. The molecule has 1 heterocycles. The molecule has 15 heavy (non-hydrogen) atoms. The minimum atomic E-state index is 0.800. The fourth-order valence-electron chi connectivity index (χ4n) is 2.67. The van der Waals surface area contributed by atoms with Crippen LogP contribution in [-0.2, 0) is 13.5 Å². The Morgan fingerprint density at radius 2 is 2.27 bits per heavy atom. The molecule has 1 aromatic heterocycles. The van der Waals surface area contributed by atoms with Crippen LogP contribution in [0, 0.1) is 11.8 Å². The van der Waals surface area contributed by atoms with Crippen molar-refractivity contribution in [1.82, 2.24) is 20.3 Å². The number of hydrogen-bond acceptors (Lipinski definition) is 3. The standard InChI is InChI=1S/C11H20N4/c1-12-7-10-5-3-4-9(10)6-11-8-15(2)14-13-11/h8-10,12H,3-7H2,1-2H3. The molecule has 0 bridgehead atoms. The molecule has 1 fully saturated rings. The van der Waals surface area contributed by atoms with E-state index in [1.807, 2.05) is 20.3 Å². The molecule has 1 aliphatic rings. The second-order valence-electron chi connectivity index (χ2n) is 4.60. The van der Waals surface area contributed by atoms with E-state index in [1.165, 1.54) is 19.3 Å². The molecule has 0 spiro atoms. The lowest BCUT2D eigenvalue weighted by Crippen LogP contribution is -2.23. The zero-order valence-electron chi connectivity index (χ0n) is 9.61. The van der Waals surface area contributed by atoms with Crippen LogP contribution in [0.1, 0.15) is 25.0 Å². The number of rotatable bonds is 4. The minimum absolute atomic E-state index is 0.800. The van der Waals surface area contributed by atoms with Gasteiger partial charge in [-0.25, -0.2) is 0 Å². The third-order valence-electron chi connectivity index (χ3n) is 3.40. The molecular formula is C11H20N4. The molecule has 1 aliphatic carbocycles. The molecule has 2 unspecified atom stereocenters. The van der Waals surface area contributed by atoms with Crippen molar-refractivity contribution >= 4 is 0 Å². The summed E-state index contributed by atoms with van der Waals surface area (Å²) in [5.74, 6) is 1.63. The summed E-state index contributed by atoms with van der Waals surface area (Å²) in [6.07, 6.45) is 7.22. The van der Waals surface area contributed by atoms with Gasteiger partial charge in [0.15, 0.2) is 0 Å². The zero-order valence-corrected chi connectivity index (χ0v) is 9.61. The molecule has 1 saturated carbocycles. The van der Waals surface area contributed by atoms with Crippen molar-refractivity contribution in [2.24, 2.45) is 18.9 Å². The van der Waals surface area contributed by atoms with Crippen LogP contribution < -0.4 is 5.32 Å². The Kier molecular flexibility index (Phi) is 3.36. The van der Waals surface area contributed by atoms with Gasteiger partial charge >= 0.3 is 0 Å². The third kappa shape index (κ3) is 2.56. The predicted octanol–water partition coefficient (Wildman–Crippen LogP) is 0.993. The van der Waals surface area contributed by atoms with E-state index in [2.05, 4.69) is 15.6 Å².